The third-order valence-corrected chi connectivity index (χ3v) is 2.44. The molecule has 0 spiro atoms. The lowest BCUT2D eigenvalue weighted by Gasteiger charge is -2.25. The molecule has 0 radical (unpaired) electrons. The number of ether oxygens (including phenoxy) is 1. The van der Waals surface area contributed by atoms with Crippen LogP contribution in [0.3, 0.4) is 0 Å². The van der Waals surface area contributed by atoms with Gasteiger partial charge in [0, 0.05) is 0 Å². The van der Waals surface area contributed by atoms with Gasteiger partial charge in [0.25, 0.3) is 5.92 Å². The predicted molar refractivity (Wildman–Crippen MR) is 60.2 cm³/mol. The number of carbonyl (C=O) groups excluding carboxylic acids is 1. The van der Waals surface area contributed by atoms with Gasteiger partial charge in [-0.15, -0.1) is 0 Å². The van der Waals surface area contributed by atoms with E-state index < -0.39 is 30.2 Å². The van der Waals surface area contributed by atoms with Crippen LogP contribution < -0.4 is 10.6 Å². The van der Waals surface area contributed by atoms with Crippen LogP contribution in [0.1, 0.15) is 33.6 Å². The zero-order chi connectivity index (χ0) is 13.1. The number of amides is 1. The first-order chi connectivity index (χ1) is 7.71. The molecular weight excluding hydrogens is 230 g/mol. The zero-order valence-corrected chi connectivity index (χ0v) is 10.5. The zero-order valence-electron chi connectivity index (χ0n) is 10.5. The first kappa shape index (κ1) is 14.2. The molecule has 4 nitrogen and oxygen atoms in total. The van der Waals surface area contributed by atoms with Gasteiger partial charge in [0.1, 0.15) is 5.60 Å². The van der Waals surface area contributed by atoms with Gasteiger partial charge in [0.15, 0.2) is 0 Å². The normalized spacial score (nSPS) is 21.4. The van der Waals surface area contributed by atoms with Crippen LogP contribution >= 0.6 is 0 Å². The van der Waals surface area contributed by atoms with Gasteiger partial charge in [-0.2, -0.15) is 0 Å². The molecule has 1 amide bonds. The number of carbonyl (C=O) groups is 1. The summed E-state index contributed by atoms with van der Waals surface area (Å²) < 4.78 is 32.1. The number of alkyl carbamates (subject to hydrolysis) is 1. The molecule has 1 atom stereocenters. The highest BCUT2D eigenvalue weighted by Gasteiger charge is 2.41. The largest absolute Gasteiger partial charge is 0.444 e. The summed E-state index contributed by atoms with van der Waals surface area (Å²) in [5.41, 5.74) is -0.676. The number of rotatable bonds is 3. The maximum Gasteiger partial charge on any atom is 0.407 e. The molecule has 1 rings (SSSR count). The maximum absolute atomic E-state index is 13.6. The lowest BCUT2D eigenvalue weighted by atomic mass is 10.1. The van der Waals surface area contributed by atoms with Crippen LogP contribution in [0.2, 0.25) is 0 Å². The Hall–Kier alpha value is -0.910. The minimum absolute atomic E-state index is 0.434. The molecule has 0 unspecified atom stereocenters. The summed E-state index contributed by atoms with van der Waals surface area (Å²) in [6.07, 6.45) is 0.366. The Labute approximate surface area is 100 Å². The Bertz CT molecular complexity index is 271. The van der Waals surface area contributed by atoms with Gasteiger partial charge in [-0.3, -0.25) is 0 Å². The Morgan fingerprint density at radius 2 is 2.12 bits per heavy atom. The van der Waals surface area contributed by atoms with Crippen molar-refractivity contribution >= 4 is 6.09 Å². The van der Waals surface area contributed by atoms with E-state index in [0.717, 1.165) is 6.42 Å². The molecule has 2 N–H and O–H groups in total. The van der Waals surface area contributed by atoms with Crippen molar-refractivity contribution in [1.29, 1.82) is 0 Å². The van der Waals surface area contributed by atoms with Crippen molar-refractivity contribution in [3.8, 4) is 0 Å². The van der Waals surface area contributed by atoms with Crippen LogP contribution in [-0.2, 0) is 4.74 Å². The van der Waals surface area contributed by atoms with Gasteiger partial charge in [-0.05, 0) is 40.2 Å². The van der Waals surface area contributed by atoms with E-state index in [1.807, 2.05) is 0 Å². The number of hydrogen-bond acceptors (Lipinski definition) is 3. The first-order valence-electron chi connectivity index (χ1n) is 5.79. The van der Waals surface area contributed by atoms with E-state index in [-0.39, 0.29) is 0 Å². The highest BCUT2D eigenvalue weighted by molar-refractivity contribution is 5.67. The number of nitrogens with one attached hydrogen (secondary N) is 2. The predicted octanol–water partition coefficient (Wildman–Crippen LogP) is 1.90. The van der Waals surface area contributed by atoms with Crippen LogP contribution in [-0.4, -0.2) is 36.7 Å². The quantitative estimate of drug-likeness (QED) is 0.804. The second-order valence-corrected chi connectivity index (χ2v) is 5.27. The third kappa shape index (κ3) is 4.85. The minimum atomic E-state index is -2.94. The van der Waals surface area contributed by atoms with Crippen LogP contribution in [0, 0.1) is 0 Å². The van der Waals surface area contributed by atoms with Gasteiger partial charge >= 0.3 is 6.09 Å². The molecule has 0 aliphatic carbocycles. The lowest BCUT2D eigenvalue weighted by Crippen LogP contribution is -2.49. The second-order valence-electron chi connectivity index (χ2n) is 5.27. The fourth-order valence-electron chi connectivity index (χ4n) is 1.67. The lowest BCUT2D eigenvalue weighted by molar-refractivity contribution is -0.0324. The van der Waals surface area contributed by atoms with Crippen molar-refractivity contribution in [1.82, 2.24) is 10.6 Å². The molecule has 0 saturated carbocycles. The standard InChI is InChI=1S/C11H20F2N2O2/c1-10(2,3)17-9(16)15-7-11(12,13)8-5-4-6-14-8/h8,14H,4-7H2,1-3H3,(H,15,16)/t8-/m1/s1. The van der Waals surface area contributed by atoms with Crippen LogP contribution in [0.15, 0.2) is 0 Å². The molecule has 1 aliphatic rings. The number of hydrogen-bond donors (Lipinski definition) is 2. The van der Waals surface area contributed by atoms with E-state index in [2.05, 4.69) is 10.6 Å². The SMILES string of the molecule is CC(C)(C)OC(=O)NCC(F)(F)[C@H]1CCCN1. The van der Waals surface area contributed by atoms with Crippen LogP contribution in [0.4, 0.5) is 13.6 Å². The van der Waals surface area contributed by atoms with E-state index in [1.165, 1.54) is 0 Å². The van der Waals surface area contributed by atoms with Crippen LogP contribution in [0.25, 0.3) is 0 Å². The fraction of sp³-hybridized carbons (Fsp3) is 0.909. The number of halogens is 2. The molecule has 1 fully saturated rings. The van der Waals surface area contributed by atoms with Crippen molar-refractivity contribution in [2.45, 2.75) is 51.2 Å². The molecule has 6 heteroatoms. The summed E-state index contributed by atoms with van der Waals surface area (Å²) in [5, 5.41) is 4.83. The molecule has 0 bridgehead atoms. The highest BCUT2D eigenvalue weighted by atomic mass is 19.3. The van der Waals surface area contributed by atoms with Gasteiger partial charge in [-0.1, -0.05) is 0 Å². The van der Waals surface area contributed by atoms with Gasteiger partial charge in [0.2, 0.25) is 0 Å². The smallest absolute Gasteiger partial charge is 0.407 e. The Morgan fingerprint density at radius 1 is 1.47 bits per heavy atom. The van der Waals surface area contributed by atoms with Crippen molar-refractivity contribution in [2.24, 2.45) is 0 Å². The molecule has 100 valence electrons. The molecule has 1 saturated heterocycles. The summed E-state index contributed by atoms with van der Waals surface area (Å²) in [6.45, 7) is 4.96. The van der Waals surface area contributed by atoms with Crippen molar-refractivity contribution in [2.75, 3.05) is 13.1 Å². The van der Waals surface area contributed by atoms with E-state index in [1.54, 1.807) is 20.8 Å². The van der Waals surface area contributed by atoms with Crippen molar-refractivity contribution in [3.63, 3.8) is 0 Å². The fourth-order valence-corrected chi connectivity index (χ4v) is 1.67. The molecule has 0 aromatic carbocycles. The van der Waals surface area contributed by atoms with Gasteiger partial charge in [0.05, 0.1) is 12.6 Å². The summed E-state index contributed by atoms with van der Waals surface area (Å²) >= 11 is 0. The Morgan fingerprint density at radius 3 is 2.59 bits per heavy atom. The molecular formula is C11H20F2N2O2. The minimum Gasteiger partial charge on any atom is -0.444 e. The molecule has 17 heavy (non-hydrogen) atoms. The van der Waals surface area contributed by atoms with Crippen molar-refractivity contribution < 1.29 is 18.3 Å². The average Bonchev–Trinajstić information content (AvgIpc) is 2.65. The summed E-state index contributed by atoms with van der Waals surface area (Å²) in [6, 6.07) is -0.850. The summed E-state index contributed by atoms with van der Waals surface area (Å²) in [5.74, 6) is -2.94. The number of alkyl halides is 2. The molecule has 0 aromatic rings. The second kappa shape index (κ2) is 5.16. The summed E-state index contributed by atoms with van der Waals surface area (Å²) in [7, 11) is 0. The van der Waals surface area contributed by atoms with E-state index in [0.29, 0.717) is 13.0 Å². The average molecular weight is 250 g/mol. The first-order valence-corrected chi connectivity index (χ1v) is 5.79. The van der Waals surface area contributed by atoms with E-state index in [9.17, 15) is 13.6 Å². The van der Waals surface area contributed by atoms with Gasteiger partial charge < -0.3 is 15.4 Å². The summed E-state index contributed by atoms with van der Waals surface area (Å²) in [4.78, 5) is 11.2. The van der Waals surface area contributed by atoms with Gasteiger partial charge in [-0.25, -0.2) is 13.6 Å². The molecule has 0 aromatic heterocycles. The Balaban J connectivity index is 2.36. The maximum atomic E-state index is 13.6. The third-order valence-electron chi connectivity index (χ3n) is 2.44. The van der Waals surface area contributed by atoms with Crippen LogP contribution in [0.5, 0.6) is 0 Å². The monoisotopic (exact) mass is 250 g/mol. The van der Waals surface area contributed by atoms with Crippen molar-refractivity contribution in [3.05, 3.63) is 0 Å². The van der Waals surface area contributed by atoms with E-state index >= 15 is 0 Å². The topological polar surface area (TPSA) is 50.4 Å². The Kier molecular flexibility index (Phi) is 4.30. The molecule has 1 aliphatic heterocycles. The van der Waals surface area contributed by atoms with E-state index in [4.69, 9.17) is 4.74 Å². The molecule has 1 heterocycles. The highest BCUT2D eigenvalue weighted by Crippen LogP contribution is 2.24.